The Bertz CT molecular complexity index is 2170. The lowest BCUT2D eigenvalue weighted by Crippen LogP contribution is -2.30. The molecule has 6 rings (SSSR count). The molecule has 0 aliphatic heterocycles. The van der Waals surface area contributed by atoms with Crippen LogP contribution in [0.25, 0.3) is 17.3 Å². The van der Waals surface area contributed by atoms with E-state index in [2.05, 4.69) is 20.9 Å². The molecule has 0 bridgehead atoms. The molecular weight excluding hydrogens is 689 g/mol. The van der Waals surface area contributed by atoms with Crippen molar-refractivity contribution in [1.29, 1.82) is 0 Å². The molecule has 0 saturated carbocycles. The Balaban J connectivity index is 1.07. The number of amides is 3. The molecule has 0 spiro atoms. The molecule has 6 aromatic rings. The largest absolute Gasteiger partial charge is 0.489 e. The minimum atomic E-state index is -0.489. The normalized spacial score (nSPS) is 11.1. The number of carbonyl (C=O) groups is 3. The van der Waals surface area contributed by atoms with Crippen LogP contribution in [0.5, 0.6) is 5.75 Å². The Morgan fingerprint density at radius 3 is 2.13 bits per heavy atom. The lowest BCUT2D eigenvalue weighted by atomic mass is 10.1. The third-order valence-electron chi connectivity index (χ3n) is 7.82. The van der Waals surface area contributed by atoms with Crippen molar-refractivity contribution in [2.45, 2.75) is 25.3 Å². The van der Waals surface area contributed by atoms with Crippen LogP contribution in [-0.4, -0.2) is 28.5 Å². The fourth-order valence-corrected chi connectivity index (χ4v) is 6.63. The number of anilines is 2. The third-order valence-corrected chi connectivity index (χ3v) is 9.72. The molecule has 1 aromatic heterocycles. The maximum Gasteiger partial charge on any atom is 0.272 e. The van der Waals surface area contributed by atoms with Gasteiger partial charge in [-0.3, -0.25) is 14.4 Å². The van der Waals surface area contributed by atoms with E-state index in [4.69, 9.17) is 4.74 Å². The topological polar surface area (TPSA) is 109 Å². The van der Waals surface area contributed by atoms with Crippen molar-refractivity contribution in [2.75, 3.05) is 16.4 Å². The molecule has 0 radical (unpaired) electrons. The standard InChI is InChI=1S/C42H36N4O4S2/c1-28-13-17-32(18-14-28)39-29(2)52-42(46-39)45-38(47)27-51-36-23-19-34(20-24-36)43-41(49)37(44-40(48)33-11-7-4-8-12-33)25-30-15-21-35(22-16-30)50-26-31-9-5-3-6-10-31/h3-25H,26-27H2,1-2H3,(H,43,49)(H,44,48)(H,45,46,47)/b37-25-. The van der Waals surface area contributed by atoms with Gasteiger partial charge >= 0.3 is 0 Å². The molecule has 0 fully saturated rings. The second-order valence-electron chi connectivity index (χ2n) is 11.8. The Kier molecular flexibility index (Phi) is 11.9. The lowest BCUT2D eigenvalue weighted by molar-refractivity contribution is -0.114. The van der Waals surface area contributed by atoms with Crippen LogP contribution >= 0.6 is 23.1 Å². The smallest absolute Gasteiger partial charge is 0.272 e. The Morgan fingerprint density at radius 1 is 0.769 bits per heavy atom. The van der Waals surface area contributed by atoms with Crippen molar-refractivity contribution in [2.24, 2.45) is 0 Å². The second-order valence-corrected chi connectivity index (χ2v) is 14.1. The van der Waals surface area contributed by atoms with Gasteiger partial charge in [-0.05, 0) is 79.6 Å². The molecule has 52 heavy (non-hydrogen) atoms. The molecule has 8 nitrogen and oxygen atoms in total. The molecule has 3 N–H and O–H groups in total. The summed E-state index contributed by atoms with van der Waals surface area (Å²) in [7, 11) is 0. The van der Waals surface area contributed by atoms with E-state index in [1.54, 1.807) is 42.5 Å². The number of hydrogen-bond donors (Lipinski definition) is 3. The predicted octanol–water partition coefficient (Wildman–Crippen LogP) is 9.15. The van der Waals surface area contributed by atoms with Crippen LogP contribution in [0, 0.1) is 13.8 Å². The van der Waals surface area contributed by atoms with Crippen LogP contribution in [0.4, 0.5) is 10.8 Å². The van der Waals surface area contributed by atoms with Crippen LogP contribution in [0.1, 0.15) is 31.9 Å². The van der Waals surface area contributed by atoms with Crippen molar-refractivity contribution < 1.29 is 19.1 Å². The average Bonchev–Trinajstić information content (AvgIpc) is 3.54. The summed E-state index contributed by atoms with van der Waals surface area (Å²) in [5, 5.41) is 9.12. The molecule has 0 aliphatic rings. The number of thiazole rings is 1. The van der Waals surface area contributed by atoms with Gasteiger partial charge in [-0.25, -0.2) is 4.98 Å². The SMILES string of the molecule is Cc1ccc(-c2nc(NC(=O)CSc3ccc(NC(=O)/C(=C/c4ccc(OCc5ccccc5)cc4)NC(=O)c4ccccc4)cc3)sc2C)cc1. The van der Waals surface area contributed by atoms with Crippen molar-refractivity contribution in [3.8, 4) is 17.0 Å². The minimum absolute atomic E-state index is 0.0740. The quantitative estimate of drug-likeness (QED) is 0.0810. The molecule has 260 valence electrons. The van der Waals surface area contributed by atoms with Gasteiger partial charge in [0, 0.05) is 26.6 Å². The zero-order chi connectivity index (χ0) is 36.3. The number of aryl methyl sites for hydroxylation is 2. The van der Waals surface area contributed by atoms with Crippen molar-refractivity contribution in [3.05, 3.63) is 166 Å². The molecule has 0 saturated heterocycles. The van der Waals surface area contributed by atoms with E-state index in [1.165, 1.54) is 28.7 Å². The van der Waals surface area contributed by atoms with E-state index in [-0.39, 0.29) is 17.4 Å². The van der Waals surface area contributed by atoms with Gasteiger partial charge < -0.3 is 20.7 Å². The van der Waals surface area contributed by atoms with Gasteiger partial charge in [0.15, 0.2) is 5.13 Å². The van der Waals surface area contributed by atoms with E-state index in [9.17, 15) is 14.4 Å². The number of thioether (sulfide) groups is 1. The van der Waals surface area contributed by atoms with Gasteiger partial charge in [0.2, 0.25) is 5.91 Å². The summed E-state index contributed by atoms with van der Waals surface area (Å²) in [6.07, 6.45) is 1.62. The number of carbonyl (C=O) groups excluding carboxylic acids is 3. The van der Waals surface area contributed by atoms with Gasteiger partial charge in [-0.1, -0.05) is 90.5 Å². The minimum Gasteiger partial charge on any atom is -0.489 e. The molecule has 0 aliphatic carbocycles. The molecular formula is C42H36N4O4S2. The zero-order valence-electron chi connectivity index (χ0n) is 28.6. The summed E-state index contributed by atoms with van der Waals surface area (Å²) in [5.74, 6) is -0.183. The summed E-state index contributed by atoms with van der Waals surface area (Å²) in [6, 6.07) is 41.2. The van der Waals surface area contributed by atoms with Crippen molar-refractivity contribution >= 4 is 57.7 Å². The Hall–Kier alpha value is -5.97. The Labute approximate surface area is 311 Å². The van der Waals surface area contributed by atoms with E-state index in [0.29, 0.717) is 34.3 Å². The summed E-state index contributed by atoms with van der Waals surface area (Å²) >= 11 is 2.82. The van der Waals surface area contributed by atoms with E-state index < -0.39 is 11.8 Å². The first-order valence-electron chi connectivity index (χ1n) is 16.5. The molecule has 3 amide bonds. The highest BCUT2D eigenvalue weighted by Gasteiger charge is 2.16. The molecule has 5 aromatic carbocycles. The predicted molar refractivity (Wildman–Crippen MR) is 211 cm³/mol. The number of ether oxygens (including phenoxy) is 1. The monoisotopic (exact) mass is 724 g/mol. The number of nitrogens with zero attached hydrogens (tertiary/aromatic N) is 1. The van der Waals surface area contributed by atoms with Gasteiger partial charge in [-0.2, -0.15) is 0 Å². The highest BCUT2D eigenvalue weighted by molar-refractivity contribution is 8.00. The highest BCUT2D eigenvalue weighted by atomic mass is 32.2. The number of hydrogen-bond acceptors (Lipinski definition) is 7. The summed E-state index contributed by atoms with van der Waals surface area (Å²) in [4.78, 5) is 45.9. The number of benzene rings is 5. The van der Waals surface area contributed by atoms with E-state index in [0.717, 1.165) is 26.6 Å². The van der Waals surface area contributed by atoms with Crippen LogP contribution < -0.4 is 20.7 Å². The number of aromatic nitrogens is 1. The third kappa shape index (κ3) is 10.1. The fraction of sp³-hybridized carbons (Fsp3) is 0.0952. The summed E-state index contributed by atoms with van der Waals surface area (Å²) in [5.41, 5.74) is 5.85. The van der Waals surface area contributed by atoms with Crippen LogP contribution in [0.15, 0.2) is 144 Å². The summed E-state index contributed by atoms with van der Waals surface area (Å²) in [6.45, 7) is 4.47. The van der Waals surface area contributed by atoms with E-state index >= 15 is 0 Å². The maximum absolute atomic E-state index is 13.5. The number of nitrogens with one attached hydrogen (secondary N) is 3. The zero-order valence-corrected chi connectivity index (χ0v) is 30.2. The van der Waals surface area contributed by atoms with E-state index in [1.807, 2.05) is 111 Å². The molecule has 0 atom stereocenters. The van der Waals surface area contributed by atoms with Gasteiger partial charge in [0.05, 0.1) is 11.4 Å². The van der Waals surface area contributed by atoms with Crippen molar-refractivity contribution in [1.82, 2.24) is 10.3 Å². The number of rotatable bonds is 13. The molecule has 10 heteroatoms. The first-order valence-corrected chi connectivity index (χ1v) is 18.3. The van der Waals surface area contributed by atoms with Gasteiger partial charge in [0.25, 0.3) is 11.8 Å². The van der Waals surface area contributed by atoms with Crippen LogP contribution in [0.3, 0.4) is 0 Å². The maximum atomic E-state index is 13.5. The molecule has 1 heterocycles. The van der Waals surface area contributed by atoms with Crippen molar-refractivity contribution in [3.63, 3.8) is 0 Å². The average molecular weight is 725 g/mol. The van der Waals surface area contributed by atoms with Crippen LogP contribution in [-0.2, 0) is 16.2 Å². The fourth-order valence-electron chi connectivity index (χ4n) is 5.08. The van der Waals surface area contributed by atoms with Gasteiger partial charge in [-0.15, -0.1) is 23.1 Å². The Morgan fingerprint density at radius 2 is 1.44 bits per heavy atom. The van der Waals surface area contributed by atoms with Crippen LogP contribution in [0.2, 0.25) is 0 Å². The molecule has 0 unspecified atom stereocenters. The second kappa shape index (κ2) is 17.3. The first-order chi connectivity index (χ1) is 25.3. The highest BCUT2D eigenvalue weighted by Crippen LogP contribution is 2.31. The van der Waals surface area contributed by atoms with Gasteiger partial charge in [0.1, 0.15) is 18.1 Å². The summed E-state index contributed by atoms with van der Waals surface area (Å²) < 4.78 is 5.89. The lowest BCUT2D eigenvalue weighted by Gasteiger charge is -2.12. The first kappa shape index (κ1) is 35.8.